The minimum Gasteiger partial charge on any atom is -0.553 e. The number of methoxy groups -OCH3 is 2. The van der Waals surface area contributed by atoms with Crippen molar-refractivity contribution in [3.8, 4) is 0 Å². The Morgan fingerprint density at radius 1 is 1.00 bits per heavy atom. The molecule has 0 rings (SSSR count). The quantitative estimate of drug-likeness (QED) is 0.299. The average Bonchev–Trinajstić information content (AvgIpc) is 1.89. The summed E-state index contributed by atoms with van der Waals surface area (Å²) in [6.07, 6.45) is -2.99. The van der Waals surface area contributed by atoms with Crippen molar-refractivity contribution >= 4 is 35.4 Å². The van der Waals surface area contributed by atoms with Crippen LogP contribution < -0.4 is 10.2 Å². The van der Waals surface area contributed by atoms with E-state index in [9.17, 15) is 0 Å². The molecule has 0 radical (unpaired) electrons. The van der Waals surface area contributed by atoms with Gasteiger partial charge >= 0.3 is 23.1 Å². The van der Waals surface area contributed by atoms with Crippen molar-refractivity contribution in [2.45, 2.75) is 0 Å². The van der Waals surface area contributed by atoms with Crippen LogP contribution in [0.3, 0.4) is 0 Å². The first kappa shape index (κ1) is 16.7. The van der Waals surface area contributed by atoms with Gasteiger partial charge in [-0.1, -0.05) is 0 Å². The van der Waals surface area contributed by atoms with Gasteiger partial charge in [-0.25, -0.2) is 0 Å². The van der Waals surface area contributed by atoms with E-state index >= 15 is 0 Å². The summed E-state index contributed by atoms with van der Waals surface area (Å²) < 4.78 is 7.11. The zero-order valence-electron chi connectivity index (χ0n) is 6.16. The van der Waals surface area contributed by atoms with Crippen molar-refractivity contribution in [1.82, 2.24) is 0 Å². The van der Waals surface area contributed by atoms with E-state index < -0.39 is 12.3 Å². The first-order chi connectivity index (χ1) is 4.54. The third-order valence-electron chi connectivity index (χ3n) is 0.333. The fraction of sp³-hybridized carbons (Fsp3) is 0.500. The third-order valence-corrected chi connectivity index (χ3v) is 0.333. The second kappa shape index (κ2) is 12.0. The molecule has 0 unspecified atom stereocenters. The largest absolute Gasteiger partial charge is 2.00 e. The molecule has 6 nitrogen and oxygen atoms in total. The van der Waals surface area contributed by atoms with Crippen LogP contribution in [0.25, 0.3) is 0 Å². The summed E-state index contributed by atoms with van der Waals surface area (Å²) in [5, 5.41) is 18.1. The molecule has 0 fully saturated rings. The molecule has 0 N–H and O–H groups in total. The fourth-order valence-corrected chi connectivity index (χ4v) is 0. The van der Waals surface area contributed by atoms with Crippen LogP contribution in [0.4, 0.5) is 9.59 Å². The topological polar surface area (TPSA) is 98.7 Å². The third kappa shape index (κ3) is 45.4. The van der Waals surface area contributed by atoms with Crippen molar-refractivity contribution in [3.63, 3.8) is 0 Å². The maximum atomic E-state index is 9.03. The Hall–Kier alpha value is -0.694. The fourth-order valence-electron chi connectivity index (χ4n) is 0. The molecule has 0 heterocycles. The average molecular weight is 174 g/mol. The molecule has 7 heteroatoms. The Morgan fingerprint density at radius 3 is 1.09 bits per heavy atom. The zero-order valence-corrected chi connectivity index (χ0v) is 7.57. The molecule has 11 heavy (non-hydrogen) atoms. The van der Waals surface area contributed by atoms with E-state index in [0.29, 0.717) is 0 Å². The van der Waals surface area contributed by atoms with Gasteiger partial charge in [-0.2, -0.15) is 0 Å². The number of hydrogen-bond acceptors (Lipinski definition) is 6. The number of carbonyl (C=O) groups excluding carboxylic acids is 2. The Kier molecular flexibility index (Phi) is 18.3. The molecular weight excluding hydrogens is 168 g/mol. The van der Waals surface area contributed by atoms with E-state index in [1.54, 1.807) is 0 Å². The molecule has 0 aliphatic carbocycles. The number of carbonyl (C=O) groups is 2. The minimum atomic E-state index is -1.50. The summed E-state index contributed by atoms with van der Waals surface area (Å²) in [6, 6.07) is 0. The van der Waals surface area contributed by atoms with E-state index in [-0.39, 0.29) is 23.1 Å². The first-order valence-corrected chi connectivity index (χ1v) is 2.04. The predicted octanol–water partition coefficient (Wildman–Crippen LogP) is -2.43. The van der Waals surface area contributed by atoms with E-state index in [0.717, 1.165) is 14.2 Å². The number of rotatable bonds is 0. The van der Waals surface area contributed by atoms with Crippen LogP contribution >= 0.6 is 0 Å². The minimum absolute atomic E-state index is 0. The molecule has 0 saturated heterocycles. The van der Waals surface area contributed by atoms with Gasteiger partial charge in [0.25, 0.3) is 12.3 Å². The van der Waals surface area contributed by atoms with E-state index in [1.165, 1.54) is 0 Å². The van der Waals surface area contributed by atoms with Gasteiger partial charge in [0.1, 0.15) is 0 Å². The van der Waals surface area contributed by atoms with Gasteiger partial charge in [0, 0.05) is 14.2 Å². The van der Waals surface area contributed by atoms with Crippen molar-refractivity contribution in [2.24, 2.45) is 0 Å². The molecule has 0 atom stereocenters. The summed E-state index contributed by atoms with van der Waals surface area (Å²) >= 11 is 0. The van der Waals surface area contributed by atoms with Crippen LogP contribution in [0.5, 0.6) is 0 Å². The van der Waals surface area contributed by atoms with E-state index in [2.05, 4.69) is 9.47 Å². The Bertz CT molecular complexity index is 99.1. The van der Waals surface area contributed by atoms with Gasteiger partial charge in [-0.05, 0) is 0 Å². The van der Waals surface area contributed by atoms with Gasteiger partial charge in [0.2, 0.25) is 0 Å². The molecule has 0 saturated carbocycles. The second-order valence-corrected chi connectivity index (χ2v) is 0.908. The van der Waals surface area contributed by atoms with Gasteiger partial charge < -0.3 is 29.3 Å². The number of carboxylic acid groups (broad SMARTS) is 2. The smallest absolute Gasteiger partial charge is 0.553 e. The molecule has 0 aromatic rings. The van der Waals surface area contributed by atoms with Gasteiger partial charge in [0.05, 0.1) is 0 Å². The van der Waals surface area contributed by atoms with Crippen LogP contribution in [0.15, 0.2) is 0 Å². The van der Waals surface area contributed by atoms with Gasteiger partial charge in [-0.15, -0.1) is 0 Å². The van der Waals surface area contributed by atoms with Crippen molar-refractivity contribution in [3.05, 3.63) is 0 Å². The second-order valence-electron chi connectivity index (χ2n) is 0.908. The summed E-state index contributed by atoms with van der Waals surface area (Å²) in [4.78, 5) is 18.1. The maximum Gasteiger partial charge on any atom is 2.00 e. The molecule has 0 aliphatic rings. The maximum absolute atomic E-state index is 9.03. The standard InChI is InChI=1S/2C2H4O3.Mg/c2*1-5-2(3)4;/h2*1H3,(H,3,4);/q;;+2/p-2. The molecule has 0 aliphatic heterocycles. The normalized spacial score (nSPS) is 6.00. The van der Waals surface area contributed by atoms with Crippen molar-refractivity contribution in [2.75, 3.05) is 14.2 Å². The summed E-state index contributed by atoms with van der Waals surface area (Å²) in [6.45, 7) is 0. The number of ether oxygens (including phenoxy) is 2. The van der Waals surface area contributed by atoms with E-state index in [4.69, 9.17) is 19.8 Å². The predicted molar refractivity (Wildman–Crippen MR) is 30.6 cm³/mol. The Morgan fingerprint density at radius 2 is 1.09 bits per heavy atom. The van der Waals surface area contributed by atoms with Crippen LogP contribution in [0, 0.1) is 0 Å². The monoisotopic (exact) mass is 174 g/mol. The first-order valence-electron chi connectivity index (χ1n) is 2.04. The summed E-state index contributed by atoms with van der Waals surface area (Å²) in [5.41, 5.74) is 0. The molecule has 0 spiro atoms. The molecular formula is C4H6MgO6. The summed E-state index contributed by atoms with van der Waals surface area (Å²) in [5.74, 6) is 0. The molecule has 60 valence electrons. The van der Waals surface area contributed by atoms with Crippen LogP contribution in [0.2, 0.25) is 0 Å². The van der Waals surface area contributed by atoms with Crippen molar-refractivity contribution < 1.29 is 29.3 Å². The number of hydrogen-bond donors (Lipinski definition) is 0. The van der Waals surface area contributed by atoms with Gasteiger partial charge in [-0.3, -0.25) is 0 Å². The van der Waals surface area contributed by atoms with Crippen LogP contribution in [-0.4, -0.2) is 49.6 Å². The molecule has 0 amide bonds. The Balaban J connectivity index is -0.000000107. The van der Waals surface area contributed by atoms with Gasteiger partial charge in [0.15, 0.2) is 0 Å². The Labute approximate surface area is 79.2 Å². The van der Waals surface area contributed by atoms with Crippen LogP contribution in [0.1, 0.15) is 0 Å². The van der Waals surface area contributed by atoms with Crippen molar-refractivity contribution in [1.29, 1.82) is 0 Å². The zero-order chi connectivity index (χ0) is 8.57. The molecule has 0 aromatic carbocycles. The summed E-state index contributed by atoms with van der Waals surface area (Å²) in [7, 11) is 2.07. The molecule has 0 aromatic heterocycles. The van der Waals surface area contributed by atoms with E-state index in [1.807, 2.05) is 0 Å². The van der Waals surface area contributed by atoms with Crippen LogP contribution in [-0.2, 0) is 9.47 Å². The molecule has 0 bridgehead atoms. The SMILES string of the molecule is COC(=O)[O-].COC(=O)[O-].[Mg+2].